The third-order valence-electron chi connectivity index (χ3n) is 2.47. The molecule has 0 saturated heterocycles. The molecular formula is C11H9K2NO4S. The number of hydrogen-bond donors (Lipinski definition) is 1. The van der Waals surface area contributed by atoms with Crippen LogP contribution in [0, 0.1) is 0 Å². The molecule has 0 radical (unpaired) electrons. The van der Waals surface area contributed by atoms with Gasteiger partial charge in [0.1, 0.15) is 10.1 Å². The van der Waals surface area contributed by atoms with Crippen molar-refractivity contribution in [3.63, 3.8) is 0 Å². The molecule has 0 amide bonds. The molecule has 0 spiro atoms. The predicted molar refractivity (Wildman–Crippen MR) is 60.9 cm³/mol. The van der Waals surface area contributed by atoms with Crippen LogP contribution in [-0.2, 0) is 10.1 Å². The molecule has 2 aromatic rings. The van der Waals surface area contributed by atoms with Gasteiger partial charge in [0, 0.05) is 12.7 Å². The van der Waals surface area contributed by atoms with Crippen LogP contribution in [0.2, 0.25) is 0 Å². The molecule has 0 aliphatic heterocycles. The first-order valence-corrected chi connectivity index (χ1v) is 6.21. The Morgan fingerprint density at radius 2 is 1.74 bits per heavy atom. The van der Waals surface area contributed by atoms with Crippen LogP contribution in [0.3, 0.4) is 0 Å². The molecule has 5 nitrogen and oxygen atoms in total. The van der Waals surface area contributed by atoms with Gasteiger partial charge in [-0.3, -0.25) is 0 Å². The first-order chi connectivity index (χ1) is 7.91. The molecule has 2 rings (SSSR count). The van der Waals surface area contributed by atoms with E-state index < -0.39 is 20.8 Å². The molecule has 8 heteroatoms. The molecule has 0 aliphatic rings. The van der Waals surface area contributed by atoms with Crippen molar-refractivity contribution < 1.29 is 121 Å². The summed E-state index contributed by atoms with van der Waals surface area (Å²) in [6.07, 6.45) is 0. The molecule has 0 unspecified atom stereocenters. The van der Waals surface area contributed by atoms with Crippen molar-refractivity contribution in [2.45, 2.75) is 4.90 Å². The smallest absolute Gasteiger partial charge is 0.872 e. The summed E-state index contributed by atoms with van der Waals surface area (Å²) in [5, 5.41) is 15.3. The molecule has 0 atom stereocenters. The SMILES string of the molecule is CNc1ccc2c([O-])cc(S(=O)(=O)[O-])cc2c1.[K+].[K+]. The minimum Gasteiger partial charge on any atom is -0.872 e. The van der Waals surface area contributed by atoms with Crippen molar-refractivity contribution in [3.05, 3.63) is 30.3 Å². The molecule has 1 N–H and O–H groups in total. The Morgan fingerprint density at radius 1 is 1.11 bits per heavy atom. The summed E-state index contributed by atoms with van der Waals surface area (Å²) in [4.78, 5) is -0.497. The van der Waals surface area contributed by atoms with E-state index in [0.29, 0.717) is 10.8 Å². The van der Waals surface area contributed by atoms with Crippen molar-refractivity contribution in [1.82, 2.24) is 0 Å². The van der Waals surface area contributed by atoms with Gasteiger partial charge in [-0.1, -0.05) is 17.9 Å². The maximum Gasteiger partial charge on any atom is 1.00 e. The van der Waals surface area contributed by atoms with Gasteiger partial charge in [0.25, 0.3) is 0 Å². The van der Waals surface area contributed by atoms with E-state index >= 15 is 0 Å². The number of hydrogen-bond acceptors (Lipinski definition) is 5. The van der Waals surface area contributed by atoms with E-state index in [-0.39, 0.29) is 103 Å². The zero-order chi connectivity index (χ0) is 12.6. The van der Waals surface area contributed by atoms with Crippen molar-refractivity contribution in [2.24, 2.45) is 0 Å². The Balaban J connectivity index is 0.00000162. The summed E-state index contributed by atoms with van der Waals surface area (Å²) in [5.41, 5.74) is 0.734. The van der Waals surface area contributed by atoms with Crippen molar-refractivity contribution in [2.75, 3.05) is 12.4 Å². The number of fused-ring (bicyclic) bond motifs is 1. The van der Waals surface area contributed by atoms with Crippen LogP contribution in [0.15, 0.2) is 35.2 Å². The number of benzene rings is 2. The normalized spacial score (nSPS) is 10.4. The van der Waals surface area contributed by atoms with Gasteiger partial charge in [0.15, 0.2) is 0 Å². The van der Waals surface area contributed by atoms with Gasteiger partial charge in [0.05, 0.1) is 4.90 Å². The molecular weight excluding hydrogens is 320 g/mol. The Kier molecular flexibility index (Phi) is 8.84. The zero-order valence-electron chi connectivity index (χ0n) is 10.9. The van der Waals surface area contributed by atoms with Gasteiger partial charge in [0.2, 0.25) is 0 Å². The van der Waals surface area contributed by atoms with E-state index in [9.17, 15) is 18.1 Å². The molecule has 0 aliphatic carbocycles. The van der Waals surface area contributed by atoms with E-state index in [2.05, 4.69) is 5.32 Å². The quantitative estimate of drug-likeness (QED) is 0.439. The minimum atomic E-state index is -4.61. The van der Waals surface area contributed by atoms with Gasteiger partial charge in [-0.05, 0) is 29.0 Å². The topological polar surface area (TPSA) is 92.3 Å². The standard InChI is InChI=1S/C11H11NO4S.2K/c1-12-8-2-3-10-7(4-8)5-9(6-11(10)13)17(14,15)16;;/h2-6,12-13H,1H3,(H,14,15,16);;/q;2*+1/p-2. The summed E-state index contributed by atoms with van der Waals surface area (Å²) in [5.74, 6) is -0.473. The van der Waals surface area contributed by atoms with E-state index in [1.54, 1.807) is 25.2 Å². The maximum atomic E-state index is 11.6. The first kappa shape index (κ1) is 20.5. The second kappa shape index (κ2) is 8.20. The number of anilines is 1. The van der Waals surface area contributed by atoms with Crippen molar-refractivity contribution >= 4 is 26.6 Å². The number of nitrogens with one attached hydrogen (secondary N) is 1. The number of rotatable bonds is 2. The van der Waals surface area contributed by atoms with Crippen LogP contribution < -0.4 is 113 Å². The molecule has 19 heavy (non-hydrogen) atoms. The second-order valence-electron chi connectivity index (χ2n) is 3.56. The average Bonchev–Trinajstić information content (AvgIpc) is 2.27. The molecule has 2 aromatic carbocycles. The minimum absolute atomic E-state index is 0. The Bertz CT molecular complexity index is 688. The van der Waals surface area contributed by atoms with E-state index in [0.717, 1.165) is 11.8 Å². The molecule has 0 saturated carbocycles. The second-order valence-corrected chi connectivity index (χ2v) is 4.94. The van der Waals surface area contributed by atoms with Crippen molar-refractivity contribution in [1.29, 1.82) is 0 Å². The van der Waals surface area contributed by atoms with Crippen LogP contribution >= 0.6 is 0 Å². The Morgan fingerprint density at radius 3 is 2.26 bits per heavy atom. The fourth-order valence-corrected chi connectivity index (χ4v) is 2.13. The van der Waals surface area contributed by atoms with Gasteiger partial charge < -0.3 is 15.0 Å². The fraction of sp³-hybridized carbons (Fsp3) is 0.0909. The van der Waals surface area contributed by atoms with Crippen LogP contribution in [0.25, 0.3) is 10.8 Å². The third-order valence-corrected chi connectivity index (χ3v) is 3.28. The summed E-state index contributed by atoms with van der Waals surface area (Å²) in [7, 11) is -2.90. The zero-order valence-corrected chi connectivity index (χ0v) is 18.0. The first-order valence-electron chi connectivity index (χ1n) is 4.80. The Hall–Kier alpha value is 1.48. The van der Waals surface area contributed by atoms with Gasteiger partial charge >= 0.3 is 103 Å². The Labute approximate surface area is 196 Å². The molecule has 0 bridgehead atoms. The van der Waals surface area contributed by atoms with Crippen LogP contribution in [0.5, 0.6) is 5.75 Å². The summed E-state index contributed by atoms with van der Waals surface area (Å²) in [6.45, 7) is 0. The van der Waals surface area contributed by atoms with Gasteiger partial charge in [-0.15, -0.1) is 0 Å². The largest absolute Gasteiger partial charge is 1.00 e. The van der Waals surface area contributed by atoms with Crippen LogP contribution in [0.4, 0.5) is 5.69 Å². The fourth-order valence-electron chi connectivity index (χ4n) is 1.61. The molecule has 90 valence electrons. The predicted octanol–water partition coefficient (Wildman–Crippen LogP) is -5.13. The van der Waals surface area contributed by atoms with Gasteiger partial charge in [-0.2, -0.15) is 0 Å². The summed E-state index contributed by atoms with van der Waals surface area (Å²) in [6, 6.07) is 6.97. The van der Waals surface area contributed by atoms with E-state index in [4.69, 9.17) is 0 Å². The molecule has 0 heterocycles. The summed E-state index contributed by atoms with van der Waals surface area (Å²) < 4.78 is 32.6. The summed E-state index contributed by atoms with van der Waals surface area (Å²) >= 11 is 0. The van der Waals surface area contributed by atoms with Crippen LogP contribution in [-0.4, -0.2) is 20.0 Å². The maximum absolute atomic E-state index is 11.6. The van der Waals surface area contributed by atoms with Gasteiger partial charge in [-0.25, -0.2) is 8.42 Å². The average molecular weight is 329 g/mol. The molecule has 0 aromatic heterocycles. The monoisotopic (exact) mass is 329 g/mol. The van der Waals surface area contributed by atoms with E-state index in [1.165, 1.54) is 6.07 Å². The molecule has 0 fully saturated rings. The van der Waals surface area contributed by atoms with Crippen LogP contribution in [0.1, 0.15) is 0 Å². The van der Waals surface area contributed by atoms with E-state index in [1.807, 2.05) is 0 Å². The third kappa shape index (κ3) is 5.01. The van der Waals surface area contributed by atoms with Crippen molar-refractivity contribution in [3.8, 4) is 5.75 Å².